The quantitative estimate of drug-likeness (QED) is 0.774. The molecule has 1 N–H and O–H groups in total. The van der Waals surface area contributed by atoms with Gasteiger partial charge in [0.25, 0.3) is 0 Å². The van der Waals surface area contributed by atoms with Crippen LogP contribution in [0.5, 0.6) is 0 Å². The van der Waals surface area contributed by atoms with Crippen LogP contribution in [-0.2, 0) is 4.74 Å². The summed E-state index contributed by atoms with van der Waals surface area (Å²) in [7, 11) is 0. The molecule has 0 aromatic rings. The molecule has 0 aromatic heterocycles. The molecule has 3 unspecified atom stereocenters. The van der Waals surface area contributed by atoms with E-state index < -0.39 is 0 Å². The summed E-state index contributed by atoms with van der Waals surface area (Å²) in [5.41, 5.74) is 0.227. The molecule has 0 heterocycles. The van der Waals surface area contributed by atoms with Crippen molar-refractivity contribution in [3.05, 3.63) is 0 Å². The van der Waals surface area contributed by atoms with Crippen LogP contribution >= 0.6 is 0 Å². The van der Waals surface area contributed by atoms with E-state index in [0.29, 0.717) is 12.2 Å². The van der Waals surface area contributed by atoms with Gasteiger partial charge in [0.1, 0.15) is 0 Å². The molecule has 0 aromatic carbocycles. The van der Waals surface area contributed by atoms with E-state index in [1.807, 2.05) is 0 Å². The van der Waals surface area contributed by atoms with Crippen molar-refractivity contribution < 1.29 is 4.74 Å². The number of rotatable bonds is 6. The second-order valence-corrected chi connectivity index (χ2v) is 7.10. The van der Waals surface area contributed by atoms with Gasteiger partial charge in [-0.3, -0.25) is 0 Å². The van der Waals surface area contributed by atoms with Gasteiger partial charge in [0, 0.05) is 12.1 Å². The molecule has 0 bridgehead atoms. The van der Waals surface area contributed by atoms with Crippen molar-refractivity contribution in [3.63, 3.8) is 0 Å². The van der Waals surface area contributed by atoms with E-state index in [-0.39, 0.29) is 5.54 Å². The molecule has 1 fully saturated rings. The predicted molar refractivity (Wildman–Crippen MR) is 78.9 cm³/mol. The van der Waals surface area contributed by atoms with Gasteiger partial charge >= 0.3 is 0 Å². The lowest BCUT2D eigenvalue weighted by Gasteiger charge is -2.34. The summed E-state index contributed by atoms with van der Waals surface area (Å²) in [6.45, 7) is 14.6. The van der Waals surface area contributed by atoms with Crippen LogP contribution in [-0.4, -0.2) is 24.3 Å². The topological polar surface area (TPSA) is 21.3 Å². The Balaban J connectivity index is 2.29. The largest absolute Gasteiger partial charge is 0.374 e. The zero-order valence-electron chi connectivity index (χ0n) is 13.3. The second-order valence-electron chi connectivity index (χ2n) is 7.10. The Hall–Kier alpha value is -0.0800. The van der Waals surface area contributed by atoms with Gasteiger partial charge in [0.05, 0.1) is 12.2 Å². The van der Waals surface area contributed by atoms with E-state index >= 15 is 0 Å². The van der Waals surface area contributed by atoms with Crippen LogP contribution in [0.2, 0.25) is 0 Å². The van der Waals surface area contributed by atoms with Gasteiger partial charge < -0.3 is 10.1 Å². The van der Waals surface area contributed by atoms with Gasteiger partial charge in [-0.05, 0) is 58.3 Å². The Morgan fingerprint density at radius 1 is 1.17 bits per heavy atom. The maximum absolute atomic E-state index is 6.21. The van der Waals surface area contributed by atoms with Crippen molar-refractivity contribution >= 4 is 0 Å². The predicted octanol–water partition coefficient (Wildman–Crippen LogP) is 3.99. The molecule has 1 aliphatic carbocycles. The fourth-order valence-electron chi connectivity index (χ4n) is 2.91. The second kappa shape index (κ2) is 6.91. The van der Waals surface area contributed by atoms with Crippen LogP contribution < -0.4 is 5.32 Å². The maximum atomic E-state index is 6.21. The molecule has 1 rings (SSSR count). The molecule has 18 heavy (non-hydrogen) atoms. The van der Waals surface area contributed by atoms with Gasteiger partial charge in [-0.25, -0.2) is 0 Å². The normalized spacial score (nSPS) is 31.3. The molecule has 2 heteroatoms. The van der Waals surface area contributed by atoms with Crippen LogP contribution in [0, 0.1) is 11.8 Å². The third-order valence-corrected chi connectivity index (χ3v) is 4.31. The third kappa shape index (κ3) is 5.71. The van der Waals surface area contributed by atoms with E-state index in [1.54, 1.807) is 0 Å². The average Bonchev–Trinajstić information content (AvgIpc) is 2.25. The Morgan fingerprint density at radius 2 is 1.72 bits per heavy atom. The van der Waals surface area contributed by atoms with E-state index in [0.717, 1.165) is 24.8 Å². The van der Waals surface area contributed by atoms with E-state index in [2.05, 4.69) is 46.9 Å². The summed E-state index contributed by atoms with van der Waals surface area (Å²) in [6.07, 6.45) is 5.80. The summed E-state index contributed by atoms with van der Waals surface area (Å²) in [6, 6.07) is 0. The molecule has 0 saturated heterocycles. The maximum Gasteiger partial charge on any atom is 0.0675 e. The van der Waals surface area contributed by atoms with Crippen LogP contribution in [0.15, 0.2) is 0 Å². The molecule has 0 amide bonds. The van der Waals surface area contributed by atoms with Crippen molar-refractivity contribution in [1.82, 2.24) is 5.32 Å². The lowest BCUT2D eigenvalue weighted by molar-refractivity contribution is -0.0421. The summed E-state index contributed by atoms with van der Waals surface area (Å²) in [5, 5.41) is 3.60. The number of hydrogen-bond acceptors (Lipinski definition) is 2. The Labute approximate surface area is 114 Å². The van der Waals surface area contributed by atoms with Crippen molar-refractivity contribution in [2.45, 2.75) is 85.0 Å². The fourth-order valence-corrected chi connectivity index (χ4v) is 2.91. The molecular formula is C16H33NO. The first-order valence-electron chi connectivity index (χ1n) is 7.73. The zero-order valence-corrected chi connectivity index (χ0v) is 13.3. The number of ether oxygens (including phenoxy) is 1. The Morgan fingerprint density at radius 3 is 2.22 bits per heavy atom. The average molecular weight is 255 g/mol. The first-order valence-corrected chi connectivity index (χ1v) is 7.73. The van der Waals surface area contributed by atoms with Crippen LogP contribution in [0.1, 0.15) is 67.2 Å². The molecular weight excluding hydrogens is 222 g/mol. The molecule has 0 radical (unpaired) electrons. The van der Waals surface area contributed by atoms with E-state index in [1.165, 1.54) is 19.3 Å². The smallest absolute Gasteiger partial charge is 0.0675 e. The molecule has 1 aliphatic rings. The minimum atomic E-state index is 0.227. The third-order valence-electron chi connectivity index (χ3n) is 4.31. The highest BCUT2D eigenvalue weighted by Crippen LogP contribution is 2.30. The number of nitrogens with one attached hydrogen (secondary N) is 1. The molecule has 0 aliphatic heterocycles. The lowest BCUT2D eigenvalue weighted by atomic mass is 9.82. The van der Waals surface area contributed by atoms with Crippen LogP contribution in [0.4, 0.5) is 0 Å². The first kappa shape index (κ1) is 16.0. The monoisotopic (exact) mass is 255 g/mol. The highest BCUT2D eigenvalue weighted by molar-refractivity contribution is 4.79. The van der Waals surface area contributed by atoms with Crippen molar-refractivity contribution in [1.29, 1.82) is 0 Å². The molecule has 108 valence electrons. The summed E-state index contributed by atoms with van der Waals surface area (Å²) < 4.78 is 6.21. The van der Waals surface area contributed by atoms with Gasteiger partial charge in [-0.15, -0.1) is 0 Å². The van der Waals surface area contributed by atoms with Crippen molar-refractivity contribution in [2.75, 3.05) is 6.54 Å². The highest BCUT2D eigenvalue weighted by Gasteiger charge is 2.26. The molecule has 0 spiro atoms. The van der Waals surface area contributed by atoms with E-state index in [4.69, 9.17) is 4.74 Å². The zero-order chi connectivity index (χ0) is 13.8. The molecule has 3 atom stereocenters. The number of hydrogen-bond donors (Lipinski definition) is 1. The van der Waals surface area contributed by atoms with Crippen LogP contribution in [0.25, 0.3) is 0 Å². The van der Waals surface area contributed by atoms with E-state index in [9.17, 15) is 0 Å². The first-order chi connectivity index (χ1) is 8.32. The SMILES string of the molecule is CCC(C)(C)NCC(C)OC1CC(C)CC(C)C1. The van der Waals surface area contributed by atoms with Gasteiger partial charge in [0.15, 0.2) is 0 Å². The fraction of sp³-hybridized carbons (Fsp3) is 1.00. The summed E-state index contributed by atoms with van der Waals surface area (Å²) in [5.74, 6) is 1.65. The minimum absolute atomic E-state index is 0.227. The molecule has 2 nitrogen and oxygen atoms in total. The minimum Gasteiger partial charge on any atom is -0.374 e. The van der Waals surface area contributed by atoms with Gasteiger partial charge in [0.2, 0.25) is 0 Å². The molecule has 1 saturated carbocycles. The highest BCUT2D eigenvalue weighted by atomic mass is 16.5. The lowest BCUT2D eigenvalue weighted by Crippen LogP contribution is -2.44. The summed E-state index contributed by atoms with van der Waals surface area (Å²) in [4.78, 5) is 0. The Bertz CT molecular complexity index is 229. The van der Waals surface area contributed by atoms with Crippen molar-refractivity contribution in [3.8, 4) is 0 Å². The Kier molecular flexibility index (Phi) is 6.13. The van der Waals surface area contributed by atoms with Gasteiger partial charge in [-0.2, -0.15) is 0 Å². The van der Waals surface area contributed by atoms with Gasteiger partial charge in [-0.1, -0.05) is 20.8 Å². The standard InChI is InChI=1S/C16H33NO/c1-7-16(5,6)17-11-14(4)18-15-9-12(2)8-13(3)10-15/h12-15,17H,7-11H2,1-6H3. The van der Waals surface area contributed by atoms with Crippen LogP contribution in [0.3, 0.4) is 0 Å². The summed E-state index contributed by atoms with van der Waals surface area (Å²) >= 11 is 0. The van der Waals surface area contributed by atoms with Crippen molar-refractivity contribution in [2.24, 2.45) is 11.8 Å².